The smallest absolute Gasteiger partial charge is 0.236 e. The number of carbonyl (C=O) groups is 1. The molecule has 0 spiro atoms. The van der Waals surface area contributed by atoms with Gasteiger partial charge in [0.1, 0.15) is 6.33 Å². The monoisotopic (exact) mass is 239 g/mol. The van der Waals surface area contributed by atoms with Crippen molar-refractivity contribution in [2.75, 3.05) is 0 Å². The van der Waals surface area contributed by atoms with Crippen LogP contribution in [0.1, 0.15) is 16.1 Å². The fourth-order valence-corrected chi connectivity index (χ4v) is 2.21. The van der Waals surface area contributed by atoms with Crippen molar-refractivity contribution in [2.45, 2.75) is 13.3 Å². The maximum atomic E-state index is 12.1. The van der Waals surface area contributed by atoms with Crippen LogP contribution in [0, 0.1) is 6.92 Å². The Kier molecular flexibility index (Phi) is 2.48. The minimum atomic E-state index is 0.0281. The number of nitrogens with one attached hydrogen (secondary N) is 1. The zero-order chi connectivity index (χ0) is 12.5. The van der Waals surface area contributed by atoms with E-state index >= 15 is 0 Å². The lowest BCUT2D eigenvalue weighted by molar-refractivity contribution is 0.0914. The van der Waals surface area contributed by atoms with Gasteiger partial charge < -0.3 is 4.98 Å². The molecule has 2 aromatic heterocycles. The highest BCUT2D eigenvalue weighted by Crippen LogP contribution is 2.22. The van der Waals surface area contributed by atoms with Crippen LogP contribution in [0.3, 0.4) is 0 Å². The molecule has 90 valence electrons. The Morgan fingerprint density at radius 1 is 1.39 bits per heavy atom. The number of rotatable bonds is 2. The van der Waals surface area contributed by atoms with Crippen LogP contribution in [0.5, 0.6) is 0 Å². The number of nitrogens with zero attached hydrogens (tertiary/aromatic N) is 2. The first-order chi connectivity index (χ1) is 8.75. The van der Waals surface area contributed by atoms with Crippen LogP contribution in [0.25, 0.3) is 10.9 Å². The molecule has 4 heteroatoms. The van der Waals surface area contributed by atoms with Crippen molar-refractivity contribution < 1.29 is 4.79 Å². The molecule has 0 saturated heterocycles. The molecule has 0 amide bonds. The molecular weight excluding hydrogens is 226 g/mol. The third-order valence-corrected chi connectivity index (χ3v) is 3.15. The fourth-order valence-electron chi connectivity index (χ4n) is 2.21. The quantitative estimate of drug-likeness (QED) is 0.747. The minimum Gasteiger partial charge on any atom is -0.358 e. The summed E-state index contributed by atoms with van der Waals surface area (Å²) in [7, 11) is 0. The summed E-state index contributed by atoms with van der Waals surface area (Å²) in [5.41, 5.74) is 3.18. The first kappa shape index (κ1) is 10.8. The maximum absolute atomic E-state index is 12.1. The first-order valence-electron chi connectivity index (χ1n) is 5.83. The third-order valence-electron chi connectivity index (χ3n) is 3.15. The number of hydrogen-bond acceptors (Lipinski definition) is 2. The Morgan fingerprint density at radius 3 is 3.00 bits per heavy atom. The summed E-state index contributed by atoms with van der Waals surface area (Å²) in [6.45, 7) is 2.00. The third kappa shape index (κ3) is 1.72. The molecule has 0 bridgehead atoms. The Labute approximate surface area is 104 Å². The second-order valence-electron chi connectivity index (χ2n) is 4.31. The standard InChI is InChI=1S/C14H13N3O/c1-10-12(8-14(18)17-7-6-15-9-17)11-4-2-3-5-13(11)16-10/h2-7,9,16H,8H2,1H3. The zero-order valence-electron chi connectivity index (χ0n) is 10.1. The van der Waals surface area contributed by atoms with Crippen molar-refractivity contribution in [1.29, 1.82) is 0 Å². The van der Waals surface area contributed by atoms with Crippen molar-refractivity contribution in [2.24, 2.45) is 0 Å². The predicted molar refractivity (Wildman–Crippen MR) is 69.6 cm³/mol. The Balaban J connectivity index is 2.00. The molecule has 0 unspecified atom stereocenters. The van der Waals surface area contributed by atoms with E-state index in [1.54, 1.807) is 12.4 Å². The highest BCUT2D eigenvalue weighted by molar-refractivity contribution is 5.90. The molecule has 0 aliphatic carbocycles. The predicted octanol–water partition coefficient (Wildman–Crippen LogP) is 2.56. The van der Waals surface area contributed by atoms with Crippen LogP contribution in [0.2, 0.25) is 0 Å². The molecule has 0 fully saturated rings. The van der Waals surface area contributed by atoms with E-state index < -0.39 is 0 Å². The first-order valence-corrected chi connectivity index (χ1v) is 5.83. The van der Waals surface area contributed by atoms with Gasteiger partial charge in [0.05, 0.1) is 6.42 Å². The average molecular weight is 239 g/mol. The lowest BCUT2D eigenvalue weighted by Gasteiger charge is -2.01. The van der Waals surface area contributed by atoms with Gasteiger partial charge >= 0.3 is 0 Å². The van der Waals surface area contributed by atoms with Gasteiger partial charge in [-0.25, -0.2) is 4.98 Å². The van der Waals surface area contributed by atoms with Crippen LogP contribution in [0.4, 0.5) is 0 Å². The number of carbonyl (C=O) groups excluding carboxylic acids is 1. The molecule has 0 aliphatic rings. The second kappa shape index (κ2) is 4.14. The van der Waals surface area contributed by atoms with E-state index in [0.717, 1.165) is 22.2 Å². The average Bonchev–Trinajstić information content (AvgIpc) is 2.98. The zero-order valence-corrected chi connectivity index (χ0v) is 10.1. The number of hydrogen-bond donors (Lipinski definition) is 1. The van der Waals surface area contributed by atoms with Crippen molar-refractivity contribution in [3.63, 3.8) is 0 Å². The van der Waals surface area contributed by atoms with Gasteiger partial charge in [0.25, 0.3) is 0 Å². The van der Waals surface area contributed by atoms with Crippen LogP contribution < -0.4 is 0 Å². The number of para-hydroxylation sites is 1. The van der Waals surface area contributed by atoms with Gasteiger partial charge in [0, 0.05) is 29.0 Å². The number of aryl methyl sites for hydroxylation is 1. The summed E-state index contributed by atoms with van der Waals surface area (Å²) < 4.78 is 1.52. The lowest BCUT2D eigenvalue weighted by Crippen LogP contribution is -2.11. The van der Waals surface area contributed by atoms with E-state index in [4.69, 9.17) is 0 Å². The Morgan fingerprint density at radius 2 is 2.22 bits per heavy atom. The Bertz CT molecular complexity index is 695. The van der Waals surface area contributed by atoms with Crippen LogP contribution in [-0.4, -0.2) is 20.4 Å². The summed E-state index contributed by atoms with van der Waals surface area (Å²) in [5.74, 6) is 0.0281. The molecule has 1 N–H and O–H groups in total. The summed E-state index contributed by atoms with van der Waals surface area (Å²) in [4.78, 5) is 19.3. The maximum Gasteiger partial charge on any atom is 0.236 e. The number of fused-ring (bicyclic) bond motifs is 1. The molecule has 4 nitrogen and oxygen atoms in total. The number of aromatic nitrogens is 3. The highest BCUT2D eigenvalue weighted by atomic mass is 16.2. The van der Waals surface area contributed by atoms with Crippen molar-refractivity contribution >= 4 is 16.8 Å². The molecule has 3 aromatic rings. The van der Waals surface area contributed by atoms with Gasteiger partial charge in [-0.15, -0.1) is 0 Å². The second-order valence-corrected chi connectivity index (χ2v) is 4.31. The van der Waals surface area contributed by atoms with Crippen LogP contribution in [0.15, 0.2) is 43.0 Å². The van der Waals surface area contributed by atoms with Gasteiger partial charge in [-0.05, 0) is 18.6 Å². The minimum absolute atomic E-state index is 0.0281. The largest absolute Gasteiger partial charge is 0.358 e. The van der Waals surface area contributed by atoms with E-state index in [-0.39, 0.29) is 5.91 Å². The van der Waals surface area contributed by atoms with Gasteiger partial charge in [0.2, 0.25) is 5.91 Å². The van der Waals surface area contributed by atoms with Crippen LogP contribution in [-0.2, 0) is 6.42 Å². The molecule has 3 rings (SSSR count). The molecular formula is C14H13N3O. The molecule has 0 atom stereocenters. The highest BCUT2D eigenvalue weighted by Gasteiger charge is 2.12. The molecule has 1 aromatic carbocycles. The number of H-pyrrole nitrogens is 1. The molecule has 0 saturated carbocycles. The summed E-state index contributed by atoms with van der Waals surface area (Å²) in [6.07, 6.45) is 5.20. The Hall–Kier alpha value is -2.36. The number of imidazole rings is 1. The topological polar surface area (TPSA) is 50.7 Å². The van der Waals surface area contributed by atoms with E-state index in [1.807, 2.05) is 31.2 Å². The van der Waals surface area contributed by atoms with Gasteiger partial charge in [-0.2, -0.15) is 0 Å². The lowest BCUT2D eigenvalue weighted by atomic mass is 10.1. The SMILES string of the molecule is Cc1[nH]c2ccccc2c1CC(=O)n1ccnc1. The molecule has 2 heterocycles. The van der Waals surface area contributed by atoms with Crippen molar-refractivity contribution in [1.82, 2.24) is 14.5 Å². The molecule has 0 radical (unpaired) electrons. The van der Waals surface area contributed by atoms with E-state index in [0.29, 0.717) is 6.42 Å². The van der Waals surface area contributed by atoms with Gasteiger partial charge in [-0.1, -0.05) is 18.2 Å². The van der Waals surface area contributed by atoms with E-state index in [2.05, 4.69) is 9.97 Å². The molecule has 18 heavy (non-hydrogen) atoms. The van der Waals surface area contributed by atoms with Crippen molar-refractivity contribution in [3.8, 4) is 0 Å². The normalized spacial score (nSPS) is 10.9. The van der Waals surface area contributed by atoms with Gasteiger partial charge in [0.15, 0.2) is 0 Å². The summed E-state index contributed by atoms with van der Waals surface area (Å²) >= 11 is 0. The molecule has 0 aliphatic heterocycles. The van der Waals surface area contributed by atoms with Crippen LogP contribution >= 0.6 is 0 Å². The van der Waals surface area contributed by atoms with E-state index in [1.165, 1.54) is 10.9 Å². The van der Waals surface area contributed by atoms with Crippen molar-refractivity contribution in [3.05, 3.63) is 54.2 Å². The summed E-state index contributed by atoms with van der Waals surface area (Å²) in [5, 5.41) is 1.11. The van der Waals surface area contributed by atoms with Gasteiger partial charge in [-0.3, -0.25) is 9.36 Å². The number of aromatic amines is 1. The van der Waals surface area contributed by atoms with E-state index in [9.17, 15) is 4.79 Å². The fraction of sp³-hybridized carbons (Fsp3) is 0.143. The summed E-state index contributed by atoms with van der Waals surface area (Å²) in [6, 6.07) is 8.03. The number of benzene rings is 1.